The number of hydrogen-bond donors (Lipinski definition) is 0. The Morgan fingerprint density at radius 2 is 2.00 bits per heavy atom. The zero-order valence-electron chi connectivity index (χ0n) is 7.38. The molecule has 11 heavy (non-hydrogen) atoms. The summed E-state index contributed by atoms with van der Waals surface area (Å²) in [7, 11) is 1.69. The molecule has 0 aromatic rings. The minimum atomic E-state index is -0.610. The van der Waals surface area contributed by atoms with Crippen LogP contribution in [0.1, 0.15) is 13.8 Å². The number of hydrogen-bond acceptors (Lipinski definition) is 2. The molecule has 1 rings (SSSR count). The highest BCUT2D eigenvalue weighted by Crippen LogP contribution is 2.17. The van der Waals surface area contributed by atoms with E-state index in [0.29, 0.717) is 19.1 Å². The van der Waals surface area contributed by atoms with Crippen LogP contribution in [0.25, 0.3) is 0 Å². The van der Waals surface area contributed by atoms with E-state index in [9.17, 15) is 4.39 Å². The molecule has 2 unspecified atom stereocenters. The summed E-state index contributed by atoms with van der Waals surface area (Å²) in [5.41, 5.74) is 0. The maximum absolute atomic E-state index is 12.4. The Kier molecular flexibility index (Phi) is 2.84. The smallest absolute Gasteiger partial charge is 0.125 e. The molecule has 0 radical (unpaired) electrons. The van der Waals surface area contributed by atoms with Gasteiger partial charge in [-0.15, -0.1) is 0 Å². The summed E-state index contributed by atoms with van der Waals surface area (Å²) < 4.78 is 17.6. The third-order valence-corrected chi connectivity index (χ3v) is 2.49. The number of alkyl halides is 1. The maximum atomic E-state index is 12.4. The number of likely N-dealkylation sites (tertiary alicyclic amines) is 1. The van der Waals surface area contributed by atoms with Crippen LogP contribution >= 0.6 is 0 Å². The van der Waals surface area contributed by atoms with E-state index in [1.807, 2.05) is 6.92 Å². The van der Waals surface area contributed by atoms with E-state index in [0.717, 1.165) is 0 Å². The lowest BCUT2D eigenvalue weighted by Crippen LogP contribution is -2.55. The summed E-state index contributed by atoms with van der Waals surface area (Å²) in [6.07, 6.45) is -0.413. The molecule has 1 aliphatic heterocycles. The van der Waals surface area contributed by atoms with Crippen LogP contribution in [0.15, 0.2) is 0 Å². The minimum absolute atomic E-state index is 0.197. The predicted molar refractivity (Wildman–Crippen MR) is 42.4 cm³/mol. The average molecular weight is 161 g/mol. The van der Waals surface area contributed by atoms with Crippen LogP contribution in [-0.4, -0.2) is 43.4 Å². The second-order valence-electron chi connectivity index (χ2n) is 3.23. The van der Waals surface area contributed by atoms with Crippen molar-refractivity contribution >= 4 is 0 Å². The number of nitrogens with zero attached hydrogens (tertiary/aromatic N) is 1. The first-order chi connectivity index (χ1) is 5.15. The zero-order valence-corrected chi connectivity index (χ0v) is 7.38. The van der Waals surface area contributed by atoms with Gasteiger partial charge in [-0.05, 0) is 13.8 Å². The second kappa shape index (κ2) is 3.50. The lowest BCUT2D eigenvalue weighted by Gasteiger charge is -2.41. The van der Waals surface area contributed by atoms with Crippen LogP contribution in [0, 0.1) is 0 Å². The van der Waals surface area contributed by atoms with Gasteiger partial charge in [-0.2, -0.15) is 0 Å². The van der Waals surface area contributed by atoms with Crippen LogP contribution in [0.5, 0.6) is 0 Å². The molecule has 0 saturated carbocycles. The summed E-state index contributed by atoms with van der Waals surface area (Å²) in [5.74, 6) is 0. The van der Waals surface area contributed by atoms with Gasteiger partial charge < -0.3 is 4.74 Å². The van der Waals surface area contributed by atoms with Crippen LogP contribution in [0.3, 0.4) is 0 Å². The van der Waals surface area contributed by atoms with Crippen molar-refractivity contribution in [2.45, 2.75) is 32.2 Å². The molecule has 1 fully saturated rings. The minimum Gasteiger partial charge on any atom is -0.380 e. The summed E-state index contributed by atoms with van der Waals surface area (Å²) in [4.78, 5) is 2.10. The molecule has 0 aliphatic carbocycles. The largest absolute Gasteiger partial charge is 0.380 e. The van der Waals surface area contributed by atoms with Crippen LogP contribution in [0.2, 0.25) is 0 Å². The van der Waals surface area contributed by atoms with Crippen molar-refractivity contribution in [3.05, 3.63) is 0 Å². The van der Waals surface area contributed by atoms with Crippen molar-refractivity contribution in [2.24, 2.45) is 0 Å². The molecule has 0 bridgehead atoms. The maximum Gasteiger partial charge on any atom is 0.125 e. The van der Waals surface area contributed by atoms with E-state index in [4.69, 9.17) is 4.74 Å². The van der Waals surface area contributed by atoms with Gasteiger partial charge in [0, 0.05) is 26.2 Å². The second-order valence-corrected chi connectivity index (χ2v) is 3.23. The summed E-state index contributed by atoms with van der Waals surface area (Å²) in [6.45, 7) is 5.24. The topological polar surface area (TPSA) is 12.5 Å². The average Bonchev–Trinajstić information content (AvgIpc) is 1.96. The quantitative estimate of drug-likeness (QED) is 0.613. The summed E-state index contributed by atoms with van der Waals surface area (Å²) in [5, 5.41) is 0. The van der Waals surface area contributed by atoms with Gasteiger partial charge in [0.1, 0.15) is 6.17 Å². The van der Waals surface area contributed by atoms with E-state index in [2.05, 4.69) is 11.8 Å². The molecule has 66 valence electrons. The SMILES string of the molecule is COC(C)C(C)N1CC(F)C1. The van der Waals surface area contributed by atoms with Gasteiger partial charge in [0.25, 0.3) is 0 Å². The molecule has 3 heteroatoms. The molecular weight excluding hydrogens is 145 g/mol. The Bertz CT molecular complexity index is 125. The molecular formula is C8H16FNO. The molecule has 0 N–H and O–H groups in total. The lowest BCUT2D eigenvalue weighted by atomic mass is 10.1. The van der Waals surface area contributed by atoms with E-state index in [1.54, 1.807) is 7.11 Å². The Labute approximate surface area is 67.3 Å². The third kappa shape index (κ3) is 1.91. The molecule has 1 heterocycles. The summed E-state index contributed by atoms with van der Waals surface area (Å²) >= 11 is 0. The van der Waals surface area contributed by atoms with Crippen LogP contribution in [-0.2, 0) is 4.74 Å². The van der Waals surface area contributed by atoms with Crippen molar-refractivity contribution in [2.75, 3.05) is 20.2 Å². The van der Waals surface area contributed by atoms with Gasteiger partial charge in [0.2, 0.25) is 0 Å². The molecule has 0 aromatic heterocycles. The molecule has 0 amide bonds. The molecule has 2 nitrogen and oxygen atoms in total. The van der Waals surface area contributed by atoms with Crippen molar-refractivity contribution in [3.63, 3.8) is 0 Å². The van der Waals surface area contributed by atoms with Crippen LogP contribution in [0.4, 0.5) is 4.39 Å². The Balaban J connectivity index is 2.25. The molecule has 1 aliphatic rings. The highest BCUT2D eigenvalue weighted by Gasteiger charge is 2.32. The van der Waals surface area contributed by atoms with E-state index in [-0.39, 0.29) is 6.10 Å². The highest BCUT2D eigenvalue weighted by molar-refractivity contribution is 4.85. The fourth-order valence-electron chi connectivity index (χ4n) is 1.28. The standard InChI is InChI=1S/C8H16FNO/c1-6(7(2)11-3)10-4-8(9)5-10/h6-8H,4-5H2,1-3H3. The van der Waals surface area contributed by atoms with Crippen molar-refractivity contribution in [3.8, 4) is 0 Å². The van der Waals surface area contributed by atoms with Gasteiger partial charge in [-0.3, -0.25) is 4.90 Å². The van der Waals surface area contributed by atoms with Gasteiger partial charge in [0.15, 0.2) is 0 Å². The van der Waals surface area contributed by atoms with Crippen molar-refractivity contribution in [1.82, 2.24) is 4.90 Å². The first-order valence-electron chi connectivity index (χ1n) is 4.06. The fraction of sp³-hybridized carbons (Fsp3) is 1.00. The number of ether oxygens (including phenoxy) is 1. The van der Waals surface area contributed by atoms with Crippen molar-refractivity contribution < 1.29 is 9.13 Å². The number of halogens is 1. The summed E-state index contributed by atoms with van der Waals surface area (Å²) in [6, 6.07) is 0.340. The molecule has 0 spiro atoms. The van der Waals surface area contributed by atoms with E-state index in [1.165, 1.54) is 0 Å². The van der Waals surface area contributed by atoms with E-state index >= 15 is 0 Å². The van der Waals surface area contributed by atoms with Gasteiger partial charge in [-0.1, -0.05) is 0 Å². The Morgan fingerprint density at radius 3 is 2.36 bits per heavy atom. The monoisotopic (exact) mass is 161 g/mol. The van der Waals surface area contributed by atoms with Gasteiger partial charge in [-0.25, -0.2) is 4.39 Å². The predicted octanol–water partition coefficient (Wildman–Crippen LogP) is 1.06. The highest BCUT2D eigenvalue weighted by atomic mass is 19.1. The zero-order chi connectivity index (χ0) is 8.43. The normalized spacial score (nSPS) is 26.2. The van der Waals surface area contributed by atoms with Crippen molar-refractivity contribution in [1.29, 1.82) is 0 Å². The Morgan fingerprint density at radius 1 is 1.45 bits per heavy atom. The first kappa shape index (κ1) is 8.94. The molecule has 1 saturated heterocycles. The fourth-order valence-corrected chi connectivity index (χ4v) is 1.28. The van der Waals surface area contributed by atoms with Gasteiger partial charge in [0.05, 0.1) is 6.10 Å². The van der Waals surface area contributed by atoms with E-state index < -0.39 is 6.17 Å². The first-order valence-corrected chi connectivity index (χ1v) is 4.06. The number of methoxy groups -OCH3 is 1. The lowest BCUT2D eigenvalue weighted by molar-refractivity contribution is -0.0297. The Hall–Kier alpha value is -0.150. The van der Waals surface area contributed by atoms with Gasteiger partial charge >= 0.3 is 0 Å². The molecule has 2 atom stereocenters. The van der Waals surface area contributed by atoms with Crippen LogP contribution < -0.4 is 0 Å². The molecule has 0 aromatic carbocycles. The number of rotatable bonds is 3. The third-order valence-electron chi connectivity index (χ3n) is 2.49.